The molecule has 1 atom stereocenters. The molecule has 20 heavy (non-hydrogen) atoms. The van der Waals surface area contributed by atoms with E-state index in [1.807, 2.05) is 61.5 Å². The molecule has 0 fully saturated rings. The number of carbonyl (C=O) groups is 1. The van der Waals surface area contributed by atoms with Crippen molar-refractivity contribution in [2.24, 2.45) is 0 Å². The average Bonchev–Trinajstić information content (AvgIpc) is 2.47. The molecule has 1 aliphatic rings. The van der Waals surface area contributed by atoms with Crippen molar-refractivity contribution in [2.75, 3.05) is 19.0 Å². The Balaban J connectivity index is 1.88. The Bertz CT molecular complexity index is 635. The van der Waals surface area contributed by atoms with Gasteiger partial charge >= 0.3 is 0 Å². The number of hydrogen-bond donors (Lipinski definition) is 1. The van der Waals surface area contributed by atoms with Crippen molar-refractivity contribution in [1.29, 1.82) is 0 Å². The molecule has 0 radical (unpaired) electrons. The van der Waals surface area contributed by atoms with Crippen molar-refractivity contribution in [3.63, 3.8) is 0 Å². The van der Waals surface area contributed by atoms with E-state index in [1.165, 1.54) is 0 Å². The molecule has 4 nitrogen and oxygen atoms in total. The summed E-state index contributed by atoms with van der Waals surface area (Å²) in [6.07, 6.45) is -0.436. The third-order valence-corrected chi connectivity index (χ3v) is 3.35. The fourth-order valence-electron chi connectivity index (χ4n) is 2.21. The molecule has 2 aromatic carbocycles. The Morgan fingerprint density at radius 1 is 1.05 bits per heavy atom. The number of nitrogens with one attached hydrogen (secondary N) is 1. The lowest BCUT2D eigenvalue weighted by Crippen LogP contribution is -2.36. The number of carbonyl (C=O) groups excluding carboxylic acids is 1. The van der Waals surface area contributed by atoms with E-state index in [2.05, 4.69) is 5.32 Å². The number of hydrogen-bond acceptors (Lipinski definition) is 3. The zero-order valence-electron chi connectivity index (χ0n) is 11.5. The fraction of sp³-hybridized carbons (Fsp3) is 0.188. The lowest BCUT2D eigenvalue weighted by molar-refractivity contribution is 0.0756. The predicted molar refractivity (Wildman–Crippen MR) is 78.0 cm³/mol. The monoisotopic (exact) mass is 268 g/mol. The number of rotatable bonds is 2. The molecule has 1 heterocycles. The summed E-state index contributed by atoms with van der Waals surface area (Å²) in [4.78, 5) is 14.1. The van der Waals surface area contributed by atoms with E-state index in [1.54, 1.807) is 6.07 Å². The van der Waals surface area contributed by atoms with Crippen molar-refractivity contribution in [2.45, 2.75) is 6.23 Å². The van der Waals surface area contributed by atoms with Gasteiger partial charge in [-0.3, -0.25) is 4.79 Å². The van der Waals surface area contributed by atoms with Crippen LogP contribution < -0.4 is 15.0 Å². The maximum absolute atomic E-state index is 12.0. The number of nitrogens with zero attached hydrogens (tertiary/aromatic N) is 1. The number of ether oxygens (including phenoxy) is 1. The van der Waals surface area contributed by atoms with E-state index in [0.717, 1.165) is 11.3 Å². The van der Waals surface area contributed by atoms with Crippen molar-refractivity contribution < 1.29 is 9.53 Å². The molecule has 0 saturated carbocycles. The quantitative estimate of drug-likeness (QED) is 0.910. The standard InChI is InChI=1S/C16H16N2O2/c1-18(2)12-9-7-11(8-10-12)16-17-15(19)13-5-3-4-6-14(13)20-16/h3-10,16H,1-2H3,(H,17,19). The number of amides is 1. The maximum atomic E-state index is 12.0. The molecular formula is C16H16N2O2. The Labute approximate surface area is 118 Å². The first-order valence-electron chi connectivity index (χ1n) is 6.49. The first-order valence-corrected chi connectivity index (χ1v) is 6.49. The predicted octanol–water partition coefficient (Wildman–Crippen LogP) is 2.57. The summed E-state index contributed by atoms with van der Waals surface area (Å²) >= 11 is 0. The van der Waals surface area contributed by atoms with E-state index in [0.29, 0.717) is 11.3 Å². The summed E-state index contributed by atoms with van der Waals surface area (Å²) in [7, 11) is 3.98. The fourth-order valence-corrected chi connectivity index (χ4v) is 2.21. The highest BCUT2D eigenvalue weighted by Gasteiger charge is 2.25. The van der Waals surface area contributed by atoms with Crippen LogP contribution in [-0.4, -0.2) is 20.0 Å². The summed E-state index contributed by atoms with van der Waals surface area (Å²) in [5.41, 5.74) is 2.61. The molecule has 0 bridgehead atoms. The SMILES string of the molecule is CN(C)c1ccc(C2NC(=O)c3ccccc3O2)cc1. The smallest absolute Gasteiger partial charge is 0.258 e. The molecule has 102 valence electrons. The molecule has 1 unspecified atom stereocenters. The Kier molecular flexibility index (Phi) is 3.06. The Morgan fingerprint density at radius 3 is 2.45 bits per heavy atom. The molecule has 1 amide bonds. The van der Waals surface area contributed by atoms with Crippen LogP contribution >= 0.6 is 0 Å². The first-order chi connectivity index (χ1) is 9.65. The van der Waals surface area contributed by atoms with Crippen molar-refractivity contribution in [1.82, 2.24) is 5.32 Å². The van der Waals surface area contributed by atoms with Gasteiger partial charge in [0.15, 0.2) is 6.23 Å². The van der Waals surface area contributed by atoms with Gasteiger partial charge in [0, 0.05) is 25.3 Å². The molecule has 4 heteroatoms. The third-order valence-electron chi connectivity index (χ3n) is 3.35. The van der Waals surface area contributed by atoms with E-state index in [-0.39, 0.29) is 5.91 Å². The summed E-state index contributed by atoms with van der Waals surface area (Å²) < 4.78 is 5.84. The van der Waals surface area contributed by atoms with Gasteiger partial charge in [-0.15, -0.1) is 0 Å². The largest absolute Gasteiger partial charge is 0.466 e. The average molecular weight is 268 g/mol. The second-order valence-corrected chi connectivity index (χ2v) is 4.95. The molecule has 1 N–H and O–H groups in total. The normalized spacial score (nSPS) is 16.9. The van der Waals surface area contributed by atoms with Gasteiger partial charge in [-0.25, -0.2) is 0 Å². The number of anilines is 1. The number of benzene rings is 2. The highest BCUT2D eigenvalue weighted by Crippen LogP contribution is 2.29. The zero-order valence-corrected chi connectivity index (χ0v) is 11.5. The van der Waals surface area contributed by atoms with Gasteiger partial charge in [-0.05, 0) is 24.3 Å². The van der Waals surface area contributed by atoms with Gasteiger partial charge in [-0.1, -0.05) is 24.3 Å². The topological polar surface area (TPSA) is 41.6 Å². The van der Waals surface area contributed by atoms with Crippen LogP contribution in [0.1, 0.15) is 22.1 Å². The van der Waals surface area contributed by atoms with Crippen LogP contribution in [0.5, 0.6) is 5.75 Å². The molecule has 0 saturated heterocycles. The van der Waals surface area contributed by atoms with Crippen LogP contribution in [0.3, 0.4) is 0 Å². The van der Waals surface area contributed by atoms with Crippen LogP contribution in [0.25, 0.3) is 0 Å². The highest BCUT2D eigenvalue weighted by molar-refractivity contribution is 5.97. The van der Waals surface area contributed by atoms with Gasteiger partial charge in [0.1, 0.15) is 5.75 Å². The molecule has 0 spiro atoms. The molecule has 0 aromatic heterocycles. The summed E-state index contributed by atoms with van der Waals surface area (Å²) in [5, 5.41) is 2.86. The second kappa shape index (κ2) is 4.89. The summed E-state index contributed by atoms with van der Waals surface area (Å²) in [6, 6.07) is 15.2. The van der Waals surface area contributed by atoms with Crippen LogP contribution in [0, 0.1) is 0 Å². The first kappa shape index (κ1) is 12.5. The Morgan fingerprint density at radius 2 is 1.75 bits per heavy atom. The second-order valence-electron chi connectivity index (χ2n) is 4.95. The maximum Gasteiger partial charge on any atom is 0.258 e. The van der Waals surface area contributed by atoms with Crippen LogP contribution in [0.2, 0.25) is 0 Å². The zero-order chi connectivity index (χ0) is 14.1. The van der Waals surface area contributed by atoms with E-state index in [9.17, 15) is 4.79 Å². The minimum atomic E-state index is -0.436. The van der Waals surface area contributed by atoms with Crippen LogP contribution in [-0.2, 0) is 0 Å². The summed E-state index contributed by atoms with van der Waals surface area (Å²) in [5.74, 6) is 0.520. The van der Waals surface area contributed by atoms with Crippen molar-refractivity contribution >= 4 is 11.6 Å². The van der Waals surface area contributed by atoms with Gasteiger partial charge in [0.2, 0.25) is 0 Å². The minimum Gasteiger partial charge on any atom is -0.466 e. The van der Waals surface area contributed by atoms with Crippen LogP contribution in [0.15, 0.2) is 48.5 Å². The lowest BCUT2D eigenvalue weighted by atomic mass is 10.1. The molecule has 3 rings (SSSR count). The third kappa shape index (κ3) is 2.20. The van der Waals surface area contributed by atoms with Crippen molar-refractivity contribution in [3.8, 4) is 5.75 Å². The highest BCUT2D eigenvalue weighted by atomic mass is 16.5. The van der Waals surface area contributed by atoms with Gasteiger partial charge in [0.25, 0.3) is 5.91 Å². The number of fused-ring (bicyclic) bond motifs is 1. The molecule has 2 aromatic rings. The van der Waals surface area contributed by atoms with Crippen molar-refractivity contribution in [3.05, 3.63) is 59.7 Å². The number of para-hydroxylation sites is 1. The van der Waals surface area contributed by atoms with E-state index in [4.69, 9.17) is 4.74 Å². The van der Waals surface area contributed by atoms with Gasteiger partial charge in [-0.2, -0.15) is 0 Å². The molecule has 0 aliphatic carbocycles. The minimum absolute atomic E-state index is 0.103. The van der Waals surface area contributed by atoms with Crippen LogP contribution in [0.4, 0.5) is 5.69 Å². The van der Waals surface area contributed by atoms with Gasteiger partial charge < -0.3 is 15.0 Å². The van der Waals surface area contributed by atoms with E-state index < -0.39 is 6.23 Å². The molecule has 1 aliphatic heterocycles. The van der Waals surface area contributed by atoms with E-state index >= 15 is 0 Å². The Hall–Kier alpha value is -2.49. The molecular weight excluding hydrogens is 252 g/mol. The lowest BCUT2D eigenvalue weighted by Gasteiger charge is -2.27. The van der Waals surface area contributed by atoms with Gasteiger partial charge in [0.05, 0.1) is 5.56 Å². The summed E-state index contributed by atoms with van der Waals surface area (Å²) in [6.45, 7) is 0.